The molecule has 1 fully saturated rings. The smallest absolute Gasteiger partial charge is 0.163 e. The number of nitrogens with zero attached hydrogens (tertiary/aromatic N) is 3. The molecule has 1 saturated heterocycles. The zero-order valence-corrected chi connectivity index (χ0v) is 16.7. The molecule has 0 amide bonds. The second-order valence-corrected chi connectivity index (χ2v) is 8.96. The summed E-state index contributed by atoms with van der Waals surface area (Å²) >= 11 is 7.88. The van der Waals surface area contributed by atoms with E-state index >= 15 is 0 Å². The van der Waals surface area contributed by atoms with Crippen LogP contribution in [0.1, 0.15) is 36.1 Å². The van der Waals surface area contributed by atoms with Crippen LogP contribution < -0.4 is 4.90 Å². The minimum Gasteiger partial charge on any atom is -0.394 e. The lowest BCUT2D eigenvalue weighted by molar-refractivity contribution is 0.239. The zero-order valence-electron chi connectivity index (χ0n) is 15.1. The van der Waals surface area contributed by atoms with Gasteiger partial charge in [0.2, 0.25) is 0 Å². The van der Waals surface area contributed by atoms with Crippen molar-refractivity contribution in [1.82, 2.24) is 9.97 Å². The minimum atomic E-state index is 0.145. The summed E-state index contributed by atoms with van der Waals surface area (Å²) in [4.78, 5) is 14.8. The number of fused-ring (bicyclic) bond motifs is 3. The molecular formula is C21H22ClN3OS. The van der Waals surface area contributed by atoms with E-state index in [0.29, 0.717) is 5.02 Å². The third-order valence-electron chi connectivity index (χ3n) is 5.76. The molecule has 0 radical (unpaired) electrons. The molecule has 0 saturated carbocycles. The summed E-state index contributed by atoms with van der Waals surface area (Å²) in [5.41, 5.74) is 2.42. The number of thiophene rings is 1. The summed E-state index contributed by atoms with van der Waals surface area (Å²) in [6.07, 6.45) is 6.81. The van der Waals surface area contributed by atoms with Crippen molar-refractivity contribution in [2.75, 3.05) is 18.1 Å². The number of anilines is 1. The average molecular weight is 400 g/mol. The van der Waals surface area contributed by atoms with Gasteiger partial charge in [-0.15, -0.1) is 11.3 Å². The first-order chi connectivity index (χ1) is 13.2. The number of piperidine rings is 1. The predicted molar refractivity (Wildman–Crippen MR) is 112 cm³/mol. The van der Waals surface area contributed by atoms with Gasteiger partial charge in [-0.3, -0.25) is 0 Å². The van der Waals surface area contributed by atoms with Crippen molar-refractivity contribution in [2.24, 2.45) is 0 Å². The maximum absolute atomic E-state index is 9.96. The highest BCUT2D eigenvalue weighted by Crippen LogP contribution is 2.42. The summed E-state index contributed by atoms with van der Waals surface area (Å²) in [5.74, 6) is 1.76. The van der Waals surface area contributed by atoms with Crippen molar-refractivity contribution in [2.45, 2.75) is 44.6 Å². The number of aliphatic hydroxyl groups excluding tert-OH is 1. The molecule has 1 N–H and O–H groups in total. The number of benzene rings is 1. The molecular weight excluding hydrogens is 378 g/mol. The van der Waals surface area contributed by atoms with Crippen molar-refractivity contribution in [1.29, 1.82) is 0 Å². The number of aryl methyl sites for hydroxylation is 2. The van der Waals surface area contributed by atoms with Gasteiger partial charge in [0, 0.05) is 22.0 Å². The molecule has 5 rings (SSSR count). The van der Waals surface area contributed by atoms with Crippen LogP contribution in [0.4, 0.5) is 5.82 Å². The van der Waals surface area contributed by atoms with Crippen LogP contribution in [0.5, 0.6) is 0 Å². The molecule has 1 aromatic carbocycles. The third-order valence-corrected chi connectivity index (χ3v) is 7.20. The van der Waals surface area contributed by atoms with Crippen LogP contribution in [0.25, 0.3) is 21.6 Å². The van der Waals surface area contributed by atoms with E-state index in [-0.39, 0.29) is 12.6 Å². The second kappa shape index (κ2) is 7.04. The van der Waals surface area contributed by atoms with E-state index in [1.807, 2.05) is 35.6 Å². The van der Waals surface area contributed by atoms with Crippen LogP contribution in [-0.2, 0) is 12.8 Å². The summed E-state index contributed by atoms with van der Waals surface area (Å²) in [6.45, 7) is 1.12. The Morgan fingerprint density at radius 3 is 2.78 bits per heavy atom. The summed E-state index contributed by atoms with van der Waals surface area (Å²) in [5, 5.41) is 11.9. The molecule has 1 aliphatic carbocycles. The quantitative estimate of drug-likeness (QED) is 0.683. The molecule has 2 aromatic heterocycles. The number of hydrogen-bond donors (Lipinski definition) is 1. The first-order valence-corrected chi connectivity index (χ1v) is 10.9. The van der Waals surface area contributed by atoms with Crippen LogP contribution in [-0.4, -0.2) is 34.3 Å². The molecule has 3 heterocycles. The van der Waals surface area contributed by atoms with E-state index in [2.05, 4.69) is 4.90 Å². The Bertz CT molecular complexity index is 985. The molecule has 6 heteroatoms. The van der Waals surface area contributed by atoms with E-state index in [1.54, 1.807) is 0 Å². The molecule has 1 aliphatic heterocycles. The van der Waals surface area contributed by atoms with E-state index in [1.165, 1.54) is 28.7 Å². The Labute approximate surface area is 167 Å². The first kappa shape index (κ1) is 17.4. The molecule has 27 heavy (non-hydrogen) atoms. The van der Waals surface area contributed by atoms with Crippen LogP contribution in [0.3, 0.4) is 0 Å². The number of aliphatic hydroxyl groups is 1. The average Bonchev–Trinajstić information content (AvgIpc) is 3.28. The molecule has 0 bridgehead atoms. The summed E-state index contributed by atoms with van der Waals surface area (Å²) in [7, 11) is 0. The van der Waals surface area contributed by atoms with Gasteiger partial charge in [-0.05, 0) is 68.4 Å². The maximum Gasteiger partial charge on any atom is 0.163 e. The molecule has 4 nitrogen and oxygen atoms in total. The van der Waals surface area contributed by atoms with E-state index in [4.69, 9.17) is 21.6 Å². The van der Waals surface area contributed by atoms with Crippen LogP contribution in [0, 0.1) is 0 Å². The highest BCUT2D eigenvalue weighted by Gasteiger charge is 2.29. The van der Waals surface area contributed by atoms with Crippen LogP contribution in [0.2, 0.25) is 5.02 Å². The first-order valence-electron chi connectivity index (χ1n) is 9.70. The molecule has 2 aliphatic rings. The van der Waals surface area contributed by atoms with E-state index < -0.39 is 0 Å². The fourth-order valence-corrected chi connectivity index (χ4v) is 5.76. The highest BCUT2D eigenvalue weighted by molar-refractivity contribution is 7.19. The lowest BCUT2D eigenvalue weighted by atomic mass is 10.0. The van der Waals surface area contributed by atoms with Gasteiger partial charge in [0.1, 0.15) is 10.6 Å². The molecule has 1 atom stereocenters. The highest BCUT2D eigenvalue weighted by atomic mass is 35.5. The largest absolute Gasteiger partial charge is 0.394 e. The van der Waals surface area contributed by atoms with E-state index in [9.17, 15) is 5.11 Å². The lowest BCUT2D eigenvalue weighted by Gasteiger charge is -2.36. The fraction of sp³-hybridized carbons (Fsp3) is 0.429. The fourth-order valence-electron chi connectivity index (χ4n) is 4.38. The van der Waals surface area contributed by atoms with Gasteiger partial charge in [-0.1, -0.05) is 11.6 Å². The number of halogens is 1. The summed E-state index contributed by atoms with van der Waals surface area (Å²) in [6, 6.07) is 7.88. The van der Waals surface area contributed by atoms with Crippen LogP contribution in [0.15, 0.2) is 24.3 Å². The Morgan fingerprint density at radius 2 is 1.96 bits per heavy atom. The van der Waals surface area contributed by atoms with Gasteiger partial charge in [-0.2, -0.15) is 0 Å². The molecule has 0 spiro atoms. The van der Waals surface area contributed by atoms with Gasteiger partial charge in [0.15, 0.2) is 5.82 Å². The molecule has 0 unspecified atom stereocenters. The standard InChI is InChI=1S/C21H22ClN3OS/c22-14-9-7-13(8-10-14)19-23-20(25-11-2-1-4-15(25)12-26)18-16-5-3-6-17(16)27-21(18)24-19/h7-10,15,26H,1-6,11-12H2/t15-/m0/s1. The number of aromatic nitrogens is 2. The topological polar surface area (TPSA) is 49.2 Å². The van der Waals surface area contributed by atoms with Gasteiger partial charge in [-0.25, -0.2) is 9.97 Å². The SMILES string of the molecule is OC[C@@H]1CCCCN1c1nc(-c2ccc(Cl)cc2)nc2sc3c(c12)CCC3. The Hall–Kier alpha value is -1.69. The Kier molecular flexibility index (Phi) is 4.54. The van der Waals surface area contributed by atoms with Crippen molar-refractivity contribution >= 4 is 39.0 Å². The van der Waals surface area contributed by atoms with Gasteiger partial charge in [0.25, 0.3) is 0 Å². The summed E-state index contributed by atoms with van der Waals surface area (Å²) < 4.78 is 0. The second-order valence-electron chi connectivity index (χ2n) is 7.44. The predicted octanol–water partition coefficient (Wildman–Crippen LogP) is 4.85. The van der Waals surface area contributed by atoms with Crippen LogP contribution >= 0.6 is 22.9 Å². The zero-order chi connectivity index (χ0) is 18.4. The maximum atomic E-state index is 9.96. The van der Waals surface area contributed by atoms with Gasteiger partial charge in [0.05, 0.1) is 18.0 Å². The molecule has 140 valence electrons. The Morgan fingerprint density at radius 1 is 1.11 bits per heavy atom. The normalized spacial score (nSPS) is 19.6. The van der Waals surface area contributed by atoms with Gasteiger partial charge < -0.3 is 10.0 Å². The third kappa shape index (κ3) is 3.02. The Balaban J connectivity index is 1.72. The minimum absolute atomic E-state index is 0.145. The van der Waals surface area contributed by atoms with Crippen molar-refractivity contribution in [3.63, 3.8) is 0 Å². The molecule has 3 aromatic rings. The number of rotatable bonds is 3. The lowest BCUT2D eigenvalue weighted by Crippen LogP contribution is -2.42. The van der Waals surface area contributed by atoms with Crippen molar-refractivity contribution < 1.29 is 5.11 Å². The number of hydrogen-bond acceptors (Lipinski definition) is 5. The van der Waals surface area contributed by atoms with E-state index in [0.717, 1.165) is 54.3 Å². The van der Waals surface area contributed by atoms with Crippen molar-refractivity contribution in [3.8, 4) is 11.4 Å². The monoisotopic (exact) mass is 399 g/mol. The van der Waals surface area contributed by atoms with Gasteiger partial charge >= 0.3 is 0 Å². The van der Waals surface area contributed by atoms with Crippen molar-refractivity contribution in [3.05, 3.63) is 39.7 Å².